The number of benzene rings is 2. The summed E-state index contributed by atoms with van der Waals surface area (Å²) in [5.41, 5.74) is 3.40. The van der Waals surface area contributed by atoms with E-state index in [9.17, 15) is 14.4 Å². The molecule has 0 saturated heterocycles. The van der Waals surface area contributed by atoms with Crippen molar-refractivity contribution in [1.82, 2.24) is 0 Å². The van der Waals surface area contributed by atoms with Gasteiger partial charge in [0, 0.05) is 27.9 Å². The Labute approximate surface area is 174 Å². The molecule has 2 amide bonds. The van der Waals surface area contributed by atoms with Crippen LogP contribution >= 0.6 is 11.8 Å². The number of nitrogens with one attached hydrogen (secondary N) is 2. The van der Waals surface area contributed by atoms with Gasteiger partial charge in [0.1, 0.15) is 0 Å². The highest BCUT2D eigenvalue weighted by atomic mass is 32.2. The molecule has 1 unspecified atom stereocenters. The number of carboxylic acid groups (broad SMARTS) is 1. The predicted molar refractivity (Wildman–Crippen MR) is 116 cm³/mol. The molecule has 2 rings (SSSR count). The number of carbonyl (C=O) groups excluding carboxylic acids is 2. The van der Waals surface area contributed by atoms with Gasteiger partial charge in [-0.05, 0) is 69.2 Å². The SMILES string of the molecule is CC(=CC(=O)Nc1ccc(SC(C)C(=O)Nc2cc(C)ccc2C)cc1)C(=O)O. The summed E-state index contributed by atoms with van der Waals surface area (Å²) in [7, 11) is 0. The topological polar surface area (TPSA) is 95.5 Å². The molecule has 0 heterocycles. The van der Waals surface area contributed by atoms with Crippen LogP contribution in [-0.4, -0.2) is 28.1 Å². The van der Waals surface area contributed by atoms with Crippen LogP contribution in [0.2, 0.25) is 0 Å². The number of hydrogen-bond acceptors (Lipinski definition) is 4. The van der Waals surface area contributed by atoms with Crippen molar-refractivity contribution in [2.75, 3.05) is 10.6 Å². The molecule has 0 radical (unpaired) electrons. The largest absolute Gasteiger partial charge is 0.478 e. The first-order valence-corrected chi connectivity index (χ1v) is 9.91. The number of carboxylic acids is 1. The molecule has 0 saturated carbocycles. The van der Waals surface area contributed by atoms with Crippen LogP contribution in [0.25, 0.3) is 0 Å². The molecule has 0 bridgehead atoms. The first-order valence-electron chi connectivity index (χ1n) is 9.03. The van der Waals surface area contributed by atoms with Crippen molar-refractivity contribution in [3.8, 4) is 0 Å². The molecule has 3 N–H and O–H groups in total. The Bertz CT molecular complexity index is 952. The minimum Gasteiger partial charge on any atom is -0.478 e. The van der Waals surface area contributed by atoms with E-state index in [1.807, 2.05) is 39.0 Å². The van der Waals surface area contributed by atoms with Crippen LogP contribution < -0.4 is 10.6 Å². The summed E-state index contributed by atoms with van der Waals surface area (Å²) in [4.78, 5) is 35.9. The van der Waals surface area contributed by atoms with E-state index in [2.05, 4.69) is 10.6 Å². The highest BCUT2D eigenvalue weighted by molar-refractivity contribution is 8.00. The number of carbonyl (C=O) groups is 3. The van der Waals surface area contributed by atoms with E-state index >= 15 is 0 Å². The molecule has 6 nitrogen and oxygen atoms in total. The lowest BCUT2D eigenvalue weighted by Gasteiger charge is -2.14. The third-order valence-electron chi connectivity index (χ3n) is 4.14. The number of rotatable bonds is 7. The number of anilines is 2. The fraction of sp³-hybridized carbons (Fsp3) is 0.227. The second kappa shape index (κ2) is 9.93. The molecular weight excluding hydrogens is 388 g/mol. The van der Waals surface area contributed by atoms with Gasteiger partial charge in [0.15, 0.2) is 0 Å². The highest BCUT2D eigenvalue weighted by Gasteiger charge is 2.15. The van der Waals surface area contributed by atoms with E-state index in [0.29, 0.717) is 5.69 Å². The fourth-order valence-electron chi connectivity index (χ4n) is 2.42. The van der Waals surface area contributed by atoms with E-state index in [1.54, 1.807) is 24.3 Å². The number of amides is 2. The lowest BCUT2D eigenvalue weighted by molar-refractivity contribution is -0.132. The van der Waals surface area contributed by atoms with Gasteiger partial charge >= 0.3 is 5.97 Å². The summed E-state index contributed by atoms with van der Waals surface area (Å²) in [5, 5.41) is 14.1. The standard InChI is InChI=1S/C22H24N2O4S/c1-13-5-6-14(2)19(11-13)24-21(26)16(4)29-18-9-7-17(8-10-18)23-20(25)12-15(3)22(27)28/h5-12,16H,1-4H3,(H,23,25)(H,24,26)(H,27,28). The third-order valence-corrected chi connectivity index (χ3v) is 5.25. The molecule has 0 aliphatic heterocycles. The Morgan fingerprint density at radius 3 is 2.31 bits per heavy atom. The van der Waals surface area contributed by atoms with Crippen molar-refractivity contribution in [3.05, 3.63) is 65.2 Å². The molecule has 7 heteroatoms. The average Bonchev–Trinajstić information content (AvgIpc) is 2.66. The molecular formula is C22H24N2O4S. The van der Waals surface area contributed by atoms with Gasteiger partial charge in [0.25, 0.3) is 0 Å². The Kier molecular flexibility index (Phi) is 7.61. The molecule has 2 aromatic rings. The molecule has 0 aromatic heterocycles. The zero-order valence-corrected chi connectivity index (χ0v) is 17.6. The quantitative estimate of drug-likeness (QED) is 0.463. The van der Waals surface area contributed by atoms with Gasteiger partial charge in [-0.2, -0.15) is 0 Å². The van der Waals surface area contributed by atoms with Crippen LogP contribution in [0.1, 0.15) is 25.0 Å². The minimum absolute atomic E-state index is 0.0432. The van der Waals surface area contributed by atoms with E-state index < -0.39 is 11.9 Å². The van der Waals surface area contributed by atoms with Gasteiger partial charge in [-0.25, -0.2) is 4.79 Å². The van der Waals surface area contributed by atoms with Crippen molar-refractivity contribution in [2.45, 2.75) is 37.8 Å². The fourth-order valence-corrected chi connectivity index (χ4v) is 3.28. The molecule has 0 aliphatic carbocycles. The third kappa shape index (κ3) is 6.80. The lowest BCUT2D eigenvalue weighted by Crippen LogP contribution is -2.22. The minimum atomic E-state index is -1.14. The Morgan fingerprint density at radius 1 is 1.03 bits per heavy atom. The van der Waals surface area contributed by atoms with Crippen molar-refractivity contribution < 1.29 is 19.5 Å². The number of aliphatic carboxylic acids is 1. The van der Waals surface area contributed by atoms with E-state index in [1.165, 1.54) is 18.7 Å². The van der Waals surface area contributed by atoms with Gasteiger partial charge in [-0.1, -0.05) is 12.1 Å². The summed E-state index contributed by atoms with van der Waals surface area (Å²) < 4.78 is 0. The van der Waals surface area contributed by atoms with Crippen LogP contribution in [0.3, 0.4) is 0 Å². The number of thioether (sulfide) groups is 1. The normalized spacial score (nSPS) is 12.2. The van der Waals surface area contributed by atoms with Crippen LogP contribution in [0.5, 0.6) is 0 Å². The van der Waals surface area contributed by atoms with Crippen molar-refractivity contribution >= 4 is 40.9 Å². The highest BCUT2D eigenvalue weighted by Crippen LogP contribution is 2.26. The van der Waals surface area contributed by atoms with Gasteiger partial charge in [0.05, 0.1) is 5.25 Å². The smallest absolute Gasteiger partial charge is 0.331 e. The molecule has 0 aliphatic rings. The predicted octanol–water partition coefficient (Wildman–Crippen LogP) is 4.39. The van der Waals surface area contributed by atoms with Crippen LogP contribution in [0.4, 0.5) is 11.4 Å². The maximum Gasteiger partial charge on any atom is 0.331 e. The Hall–Kier alpha value is -3.06. The zero-order valence-electron chi connectivity index (χ0n) is 16.8. The number of hydrogen-bond donors (Lipinski definition) is 3. The van der Waals surface area contributed by atoms with Crippen molar-refractivity contribution in [2.24, 2.45) is 0 Å². The molecule has 152 valence electrons. The lowest BCUT2D eigenvalue weighted by atomic mass is 10.1. The molecule has 29 heavy (non-hydrogen) atoms. The van der Waals surface area contributed by atoms with Crippen LogP contribution in [0, 0.1) is 13.8 Å². The maximum atomic E-state index is 12.5. The van der Waals surface area contributed by atoms with E-state index in [4.69, 9.17) is 5.11 Å². The molecule has 1 atom stereocenters. The van der Waals surface area contributed by atoms with Gasteiger partial charge in [-0.15, -0.1) is 11.8 Å². The second-order valence-corrected chi connectivity index (χ2v) is 8.13. The van der Waals surface area contributed by atoms with Gasteiger partial charge in [0.2, 0.25) is 11.8 Å². The summed E-state index contributed by atoms with van der Waals surface area (Å²) in [6.45, 7) is 7.12. The summed E-state index contributed by atoms with van der Waals surface area (Å²) in [6, 6.07) is 12.9. The van der Waals surface area contributed by atoms with Crippen molar-refractivity contribution in [3.63, 3.8) is 0 Å². The second-order valence-electron chi connectivity index (χ2n) is 6.71. The first-order chi connectivity index (χ1) is 13.7. The summed E-state index contributed by atoms with van der Waals surface area (Å²) >= 11 is 1.41. The average molecular weight is 413 g/mol. The van der Waals surface area contributed by atoms with Gasteiger partial charge in [-0.3, -0.25) is 9.59 Å². The zero-order chi connectivity index (χ0) is 21.6. The van der Waals surface area contributed by atoms with E-state index in [-0.39, 0.29) is 16.7 Å². The Morgan fingerprint density at radius 2 is 1.69 bits per heavy atom. The molecule has 0 spiro atoms. The summed E-state index contributed by atoms with van der Waals surface area (Å²) in [5.74, 6) is -1.73. The van der Waals surface area contributed by atoms with Gasteiger partial charge < -0.3 is 15.7 Å². The monoisotopic (exact) mass is 412 g/mol. The van der Waals surface area contributed by atoms with E-state index in [0.717, 1.165) is 27.8 Å². The van der Waals surface area contributed by atoms with Crippen molar-refractivity contribution in [1.29, 1.82) is 0 Å². The van der Waals surface area contributed by atoms with Crippen LogP contribution in [-0.2, 0) is 14.4 Å². The molecule has 2 aromatic carbocycles. The first kappa shape index (κ1) is 22.2. The Balaban J connectivity index is 1.95. The molecule has 0 fully saturated rings. The summed E-state index contributed by atoms with van der Waals surface area (Å²) in [6.07, 6.45) is 1.03. The maximum absolute atomic E-state index is 12.5. The van der Waals surface area contributed by atoms with Crippen LogP contribution in [0.15, 0.2) is 59.0 Å². The number of aryl methyl sites for hydroxylation is 2.